The molecule has 23 heteroatoms. The fourth-order valence-electron chi connectivity index (χ4n) is 3.84. The summed E-state index contributed by atoms with van der Waals surface area (Å²) >= 11 is 1.98. The molecule has 1 radical (unpaired) electrons. The van der Waals surface area contributed by atoms with Gasteiger partial charge in [0.05, 0.1) is 19.6 Å². The molecule has 0 bridgehead atoms. The van der Waals surface area contributed by atoms with E-state index in [2.05, 4.69) is 19.4 Å². The van der Waals surface area contributed by atoms with Crippen LogP contribution in [0.5, 0.6) is 0 Å². The van der Waals surface area contributed by atoms with Crippen LogP contribution in [0.3, 0.4) is 0 Å². The Labute approximate surface area is 323 Å². The first-order valence-corrected chi connectivity index (χ1v) is 18.3. The summed E-state index contributed by atoms with van der Waals surface area (Å²) in [6, 6.07) is 20.9. The molecule has 0 amide bonds. The van der Waals surface area contributed by atoms with Gasteiger partial charge in [0.1, 0.15) is 0 Å². The average molecular weight is 858 g/mol. The summed E-state index contributed by atoms with van der Waals surface area (Å²) in [7, 11) is -5.73. The van der Waals surface area contributed by atoms with Crippen molar-refractivity contribution in [1.82, 2.24) is 22.3 Å². The Bertz CT molecular complexity index is 2170. The number of rotatable bonds is 8. The van der Waals surface area contributed by atoms with Crippen molar-refractivity contribution >= 4 is 84.8 Å². The van der Waals surface area contributed by atoms with Crippen LogP contribution in [0.15, 0.2) is 94.7 Å². The molecule has 2 heterocycles. The SMILES string of the molecule is CO.CO.Cc1ccc(S(=O)(=O)[N-]c2nc3ccc([N+](=O)[O-])cc3s2)cc1.Cc1ccc(S(=O)(=O)[N-]c2nc3ccc([N+](=O)[O-])cc3s2)cc1.N.N.[Cu+2]. The largest absolute Gasteiger partial charge is 2.00 e. The molecule has 0 saturated heterocycles. The minimum atomic E-state index is -3.87. The number of thiazole rings is 2. The molecule has 6 rings (SSSR count). The van der Waals surface area contributed by atoms with Crippen molar-refractivity contribution in [3.8, 4) is 0 Å². The number of sulfonamides is 2. The smallest absolute Gasteiger partial charge is 0.426 e. The van der Waals surface area contributed by atoms with Crippen LogP contribution in [0.1, 0.15) is 11.1 Å². The van der Waals surface area contributed by atoms with Gasteiger partial charge >= 0.3 is 17.1 Å². The predicted octanol–water partition coefficient (Wildman–Crippen LogP) is 7.35. The van der Waals surface area contributed by atoms with Crippen molar-refractivity contribution in [2.45, 2.75) is 23.6 Å². The number of aliphatic hydroxyl groups is 2. The number of hydrogen-bond acceptors (Lipinski definition) is 16. The van der Waals surface area contributed by atoms with E-state index in [0.717, 1.165) is 48.0 Å². The zero-order valence-corrected chi connectivity index (χ0v) is 32.5. The minimum absolute atomic E-state index is 0. The van der Waals surface area contributed by atoms with Crippen LogP contribution in [0.25, 0.3) is 29.9 Å². The first-order valence-electron chi connectivity index (χ1n) is 13.8. The van der Waals surface area contributed by atoms with Gasteiger partial charge in [-0.15, -0.1) is 22.7 Å². The number of aryl methyl sites for hydroxylation is 2. The van der Waals surface area contributed by atoms with Crippen LogP contribution in [0.2, 0.25) is 0 Å². The number of nitro benzene ring substituents is 2. The fourth-order valence-corrected chi connectivity index (χ4v) is 7.87. The van der Waals surface area contributed by atoms with Gasteiger partial charge in [-0.2, -0.15) is 0 Å². The molecule has 8 N–H and O–H groups in total. The normalized spacial score (nSPS) is 10.2. The van der Waals surface area contributed by atoms with Crippen LogP contribution in [-0.4, -0.2) is 61.1 Å². The summed E-state index contributed by atoms with van der Waals surface area (Å²) in [4.78, 5) is 28.8. The fraction of sp³-hybridized carbons (Fsp3) is 0.133. The molecule has 0 unspecified atom stereocenters. The molecular formula is C30H34CuN8O10S4. The van der Waals surface area contributed by atoms with Crippen molar-refractivity contribution < 1.29 is 54.0 Å². The van der Waals surface area contributed by atoms with Crippen molar-refractivity contribution in [3.05, 3.63) is 126 Å². The first-order chi connectivity index (χ1) is 23.7. The van der Waals surface area contributed by atoms with Crippen LogP contribution in [0, 0.1) is 34.1 Å². The predicted molar refractivity (Wildman–Crippen MR) is 202 cm³/mol. The van der Waals surface area contributed by atoms with Gasteiger partial charge in [0, 0.05) is 58.1 Å². The standard InChI is InChI=1S/2C14H10N3O4S2.2CH4O.Cu.2H3N/c2*1-9-2-5-11(6-3-9)23(20,21)16-14-15-12-7-4-10(17(18)19)8-13(12)22-14;2*1-2;;;/h2*2-8H,1H3;2*2H,1H3;;2*1H3/q2*-1;;;+2;;. The number of aromatic nitrogens is 2. The zero-order valence-electron chi connectivity index (χ0n) is 28.3. The summed E-state index contributed by atoms with van der Waals surface area (Å²) in [5.41, 5.74) is 2.67. The second kappa shape index (κ2) is 21.1. The van der Waals surface area contributed by atoms with Crippen LogP contribution in [0.4, 0.5) is 21.6 Å². The number of hydrogen-bond donors (Lipinski definition) is 4. The number of nitro groups is 2. The van der Waals surface area contributed by atoms with E-state index in [0.29, 0.717) is 20.4 Å². The van der Waals surface area contributed by atoms with E-state index in [1.165, 1.54) is 60.7 Å². The van der Waals surface area contributed by atoms with Crippen molar-refractivity contribution in [2.75, 3.05) is 14.2 Å². The van der Waals surface area contributed by atoms with Crippen LogP contribution in [-0.2, 0) is 37.1 Å². The van der Waals surface area contributed by atoms with Crippen molar-refractivity contribution in [3.63, 3.8) is 0 Å². The molecule has 2 aromatic heterocycles. The van der Waals surface area contributed by atoms with E-state index in [1.54, 1.807) is 24.3 Å². The van der Waals surface area contributed by atoms with Crippen molar-refractivity contribution in [2.24, 2.45) is 0 Å². The van der Waals surface area contributed by atoms with Gasteiger partial charge in [-0.25, -0.2) is 16.8 Å². The Kier molecular flexibility index (Phi) is 19.3. The second-order valence-corrected chi connectivity index (χ2v) is 14.8. The molecule has 18 nitrogen and oxygen atoms in total. The Hall–Kier alpha value is -4.68. The number of aliphatic hydroxyl groups excluding tert-OH is 2. The first kappa shape index (κ1) is 48.3. The third-order valence-corrected chi connectivity index (χ3v) is 10.8. The van der Waals surface area contributed by atoms with Gasteiger partial charge < -0.3 is 41.9 Å². The number of nitrogens with zero attached hydrogens (tertiary/aromatic N) is 6. The zero-order chi connectivity index (χ0) is 37.2. The second-order valence-electron chi connectivity index (χ2n) is 9.57. The van der Waals surface area contributed by atoms with Gasteiger partial charge in [0.25, 0.3) is 11.4 Å². The quantitative estimate of drug-likeness (QED) is 0.0660. The molecule has 6 aromatic rings. The van der Waals surface area contributed by atoms with E-state index in [9.17, 15) is 37.1 Å². The topological polar surface area (TPSA) is 319 Å². The Morgan fingerprint density at radius 2 is 0.887 bits per heavy atom. The van der Waals surface area contributed by atoms with E-state index in [4.69, 9.17) is 10.2 Å². The maximum atomic E-state index is 12.3. The van der Waals surface area contributed by atoms with Crippen LogP contribution < -0.4 is 12.3 Å². The van der Waals surface area contributed by atoms with Gasteiger partial charge in [0.2, 0.25) is 20.0 Å². The molecule has 289 valence electrons. The van der Waals surface area contributed by atoms with Gasteiger partial charge in [-0.1, -0.05) is 47.5 Å². The molecule has 0 fully saturated rings. The van der Waals surface area contributed by atoms with E-state index in [1.807, 2.05) is 13.8 Å². The Morgan fingerprint density at radius 3 is 1.17 bits per heavy atom. The molecule has 0 aliphatic carbocycles. The van der Waals surface area contributed by atoms with Crippen molar-refractivity contribution in [1.29, 1.82) is 0 Å². The third kappa shape index (κ3) is 12.7. The summed E-state index contributed by atoms with van der Waals surface area (Å²) in [6.07, 6.45) is 0. The van der Waals surface area contributed by atoms with E-state index >= 15 is 0 Å². The Morgan fingerprint density at radius 1 is 0.585 bits per heavy atom. The minimum Gasteiger partial charge on any atom is -0.426 e. The monoisotopic (exact) mass is 857 g/mol. The summed E-state index contributed by atoms with van der Waals surface area (Å²) < 4.78 is 57.5. The van der Waals surface area contributed by atoms with Crippen LogP contribution >= 0.6 is 22.7 Å². The number of fused-ring (bicyclic) bond motifs is 2. The summed E-state index contributed by atoms with van der Waals surface area (Å²) in [5, 5.41) is 35.6. The van der Waals surface area contributed by atoms with E-state index < -0.39 is 29.9 Å². The molecule has 0 aliphatic rings. The van der Waals surface area contributed by atoms with Gasteiger partial charge in [-0.3, -0.25) is 20.2 Å². The molecule has 0 atom stereocenters. The maximum Gasteiger partial charge on any atom is 2.00 e. The number of benzene rings is 4. The van der Waals surface area contributed by atoms with E-state index in [-0.39, 0.29) is 60.8 Å². The third-order valence-electron chi connectivity index (χ3n) is 6.18. The van der Waals surface area contributed by atoms with Gasteiger partial charge in [0.15, 0.2) is 0 Å². The molecular weight excluding hydrogens is 824 g/mol. The van der Waals surface area contributed by atoms with Gasteiger partial charge in [-0.05, 0) is 49.1 Å². The molecule has 0 spiro atoms. The molecule has 0 aliphatic heterocycles. The summed E-state index contributed by atoms with van der Waals surface area (Å²) in [6.45, 7) is 3.71. The Balaban J connectivity index is 0.000000887. The summed E-state index contributed by atoms with van der Waals surface area (Å²) in [5.74, 6) is 0. The molecule has 0 saturated carbocycles. The number of non-ortho nitro benzene ring substituents is 2. The average Bonchev–Trinajstić information content (AvgIpc) is 3.68. The molecule has 53 heavy (non-hydrogen) atoms. The molecule has 4 aromatic carbocycles. The maximum absolute atomic E-state index is 12.3.